The van der Waals surface area contributed by atoms with Crippen LogP contribution in [0.15, 0.2) is 0 Å². The van der Waals surface area contributed by atoms with Crippen LogP contribution in [-0.2, 0) is 14.3 Å². The van der Waals surface area contributed by atoms with Crippen LogP contribution in [0.5, 0.6) is 0 Å². The Morgan fingerprint density at radius 1 is 1.21 bits per heavy atom. The predicted octanol–water partition coefficient (Wildman–Crippen LogP) is -1.06. The molecule has 10 heteroatoms. The molecule has 0 aromatic rings. The van der Waals surface area contributed by atoms with Gasteiger partial charge in [0.25, 0.3) is 0 Å². The lowest BCUT2D eigenvalue weighted by atomic mass is 9.80. The summed E-state index contributed by atoms with van der Waals surface area (Å²) in [4.78, 5) is 41.3. The third kappa shape index (κ3) is 4.08. The van der Waals surface area contributed by atoms with Crippen LogP contribution in [0.25, 0.3) is 0 Å². The van der Waals surface area contributed by atoms with Crippen molar-refractivity contribution in [2.24, 2.45) is 11.7 Å². The normalized spacial score (nSPS) is 26.9. The summed E-state index contributed by atoms with van der Waals surface area (Å²) in [5.41, 5.74) is 3.55. The molecule has 0 aromatic heterocycles. The molecule has 0 aromatic carbocycles. The lowest BCUT2D eigenvalue weighted by Crippen LogP contribution is -2.85. The highest BCUT2D eigenvalue weighted by atomic mass is 16.6. The number of hydrogen-bond acceptors (Lipinski definition) is 7. The third-order valence-corrected chi connectivity index (χ3v) is 5.16. The molecular formula is C18H32N4O6. The van der Waals surface area contributed by atoms with Crippen molar-refractivity contribution in [2.45, 2.75) is 58.0 Å². The second kappa shape index (κ2) is 7.84. The molecule has 4 N–H and O–H groups in total. The molecule has 3 amide bonds. The monoisotopic (exact) mass is 400 g/mol. The zero-order valence-electron chi connectivity index (χ0n) is 17.2. The predicted molar refractivity (Wildman–Crippen MR) is 99.9 cm³/mol. The maximum Gasteiger partial charge on any atom is 0.410 e. The highest BCUT2D eigenvalue weighted by molar-refractivity contribution is 5.82. The summed E-state index contributed by atoms with van der Waals surface area (Å²) in [6.07, 6.45) is -1.77. The van der Waals surface area contributed by atoms with Crippen LogP contribution < -0.4 is 5.73 Å². The fourth-order valence-electron chi connectivity index (χ4n) is 3.74. The summed E-state index contributed by atoms with van der Waals surface area (Å²) in [6.45, 7) is 8.96. The topological polar surface area (TPSA) is 137 Å². The molecule has 0 bridgehead atoms. The molecule has 2 fully saturated rings. The highest BCUT2D eigenvalue weighted by Gasteiger charge is 2.62. The summed E-state index contributed by atoms with van der Waals surface area (Å²) >= 11 is 0. The van der Waals surface area contributed by atoms with Crippen molar-refractivity contribution in [2.75, 3.05) is 32.8 Å². The van der Waals surface area contributed by atoms with Gasteiger partial charge in [0.15, 0.2) is 0 Å². The summed E-state index contributed by atoms with van der Waals surface area (Å²) < 4.78 is 5.43. The van der Waals surface area contributed by atoms with Crippen LogP contribution in [0.2, 0.25) is 0 Å². The largest absolute Gasteiger partial charge is 0.444 e. The van der Waals surface area contributed by atoms with Crippen molar-refractivity contribution < 1.29 is 29.3 Å². The van der Waals surface area contributed by atoms with E-state index in [1.807, 2.05) is 0 Å². The summed E-state index contributed by atoms with van der Waals surface area (Å²) in [5.74, 6) is -1.21. The molecule has 0 aliphatic carbocycles. The number of rotatable bonds is 4. The maximum absolute atomic E-state index is 12.8. The summed E-state index contributed by atoms with van der Waals surface area (Å²) in [5, 5.41) is 20.3. The second-order valence-corrected chi connectivity index (χ2v) is 8.80. The van der Waals surface area contributed by atoms with Crippen LogP contribution in [-0.4, -0.2) is 99.0 Å². The molecule has 0 radical (unpaired) electrons. The standard InChI is InChI=1S/C18H32N4O6/c1-11(2)14(25)22-7-6-20(16(27)28-17(3,4)5)9-18(22)10-21(15(18)26)12(8-23)13(19)24/h11-12,15,23,26H,6-10H2,1-5H3,(H2,19,24)/t12-,15?,18?/m0/s1. The second-order valence-electron chi connectivity index (χ2n) is 8.80. The maximum atomic E-state index is 12.8. The number of carbonyl (C=O) groups is 3. The number of hydrogen-bond donors (Lipinski definition) is 3. The zero-order chi connectivity index (χ0) is 21.4. The number of likely N-dealkylation sites (tertiary alicyclic amines) is 1. The molecule has 160 valence electrons. The van der Waals surface area contributed by atoms with E-state index >= 15 is 0 Å². The van der Waals surface area contributed by atoms with Crippen LogP contribution in [0.1, 0.15) is 34.6 Å². The molecular weight excluding hydrogens is 368 g/mol. The van der Waals surface area contributed by atoms with Crippen LogP contribution in [0, 0.1) is 5.92 Å². The van der Waals surface area contributed by atoms with Gasteiger partial charge < -0.3 is 30.5 Å². The number of amides is 3. The Bertz CT molecular complexity index is 634. The Balaban J connectivity index is 2.28. The van der Waals surface area contributed by atoms with Gasteiger partial charge in [-0.1, -0.05) is 13.8 Å². The van der Waals surface area contributed by atoms with E-state index in [0.717, 1.165) is 0 Å². The smallest absolute Gasteiger partial charge is 0.410 e. The minimum absolute atomic E-state index is 0.0644. The van der Waals surface area contributed by atoms with Gasteiger partial charge in [-0.3, -0.25) is 14.5 Å². The molecule has 2 rings (SSSR count). The molecule has 2 saturated heterocycles. The van der Waals surface area contributed by atoms with Crippen molar-refractivity contribution in [3.8, 4) is 0 Å². The average molecular weight is 400 g/mol. The Labute approximate surface area is 165 Å². The number of aliphatic hydroxyl groups excluding tert-OH is 2. The van der Waals surface area contributed by atoms with E-state index in [2.05, 4.69) is 0 Å². The van der Waals surface area contributed by atoms with Crippen molar-refractivity contribution in [1.29, 1.82) is 0 Å². The first-order valence-corrected chi connectivity index (χ1v) is 9.47. The van der Waals surface area contributed by atoms with Gasteiger partial charge in [0.05, 0.1) is 13.2 Å². The highest BCUT2D eigenvalue weighted by Crippen LogP contribution is 2.39. The number of carbonyl (C=O) groups excluding carboxylic acids is 3. The van der Waals surface area contributed by atoms with Crippen LogP contribution in [0.3, 0.4) is 0 Å². The number of nitrogens with two attached hydrogens (primary N) is 1. The van der Waals surface area contributed by atoms with E-state index in [-0.39, 0.29) is 38.0 Å². The SMILES string of the molecule is CC(C)C(=O)N1CCN(C(=O)OC(C)(C)C)CC12CN([C@@H](CO)C(N)=O)C2O. The van der Waals surface area contributed by atoms with Gasteiger partial charge in [-0.25, -0.2) is 4.79 Å². The minimum atomic E-state index is -1.25. The van der Waals surface area contributed by atoms with Gasteiger partial charge in [0.2, 0.25) is 11.8 Å². The first-order valence-electron chi connectivity index (χ1n) is 9.47. The van der Waals surface area contributed by atoms with Crippen LogP contribution in [0.4, 0.5) is 4.79 Å². The molecule has 2 aliphatic rings. The Hall–Kier alpha value is -1.91. The van der Waals surface area contributed by atoms with Gasteiger partial charge in [0.1, 0.15) is 23.4 Å². The molecule has 2 unspecified atom stereocenters. The van der Waals surface area contributed by atoms with E-state index < -0.39 is 42.0 Å². The first-order chi connectivity index (χ1) is 12.8. The Morgan fingerprint density at radius 2 is 1.82 bits per heavy atom. The summed E-state index contributed by atoms with van der Waals surface area (Å²) in [7, 11) is 0. The fourth-order valence-corrected chi connectivity index (χ4v) is 3.74. The zero-order valence-corrected chi connectivity index (χ0v) is 17.2. The lowest BCUT2D eigenvalue weighted by Gasteiger charge is -2.63. The van der Waals surface area contributed by atoms with Gasteiger partial charge >= 0.3 is 6.09 Å². The van der Waals surface area contributed by atoms with Crippen molar-refractivity contribution in [3.05, 3.63) is 0 Å². The number of piperazine rings is 1. The van der Waals surface area contributed by atoms with E-state index in [1.165, 1.54) is 9.80 Å². The van der Waals surface area contributed by atoms with E-state index in [4.69, 9.17) is 10.5 Å². The van der Waals surface area contributed by atoms with E-state index in [0.29, 0.717) is 0 Å². The molecule has 2 aliphatic heterocycles. The van der Waals surface area contributed by atoms with E-state index in [1.54, 1.807) is 39.5 Å². The lowest BCUT2D eigenvalue weighted by molar-refractivity contribution is -0.238. The van der Waals surface area contributed by atoms with Crippen molar-refractivity contribution in [1.82, 2.24) is 14.7 Å². The minimum Gasteiger partial charge on any atom is -0.444 e. The van der Waals surface area contributed by atoms with Crippen LogP contribution >= 0.6 is 0 Å². The molecule has 2 heterocycles. The molecule has 3 atom stereocenters. The Morgan fingerprint density at radius 3 is 2.25 bits per heavy atom. The average Bonchev–Trinajstić information content (AvgIpc) is 2.58. The third-order valence-electron chi connectivity index (χ3n) is 5.16. The fraction of sp³-hybridized carbons (Fsp3) is 0.833. The number of aliphatic hydroxyl groups is 2. The number of primary amides is 1. The molecule has 28 heavy (non-hydrogen) atoms. The number of ether oxygens (including phenoxy) is 1. The first kappa shape index (κ1) is 22.4. The van der Waals surface area contributed by atoms with Gasteiger partial charge in [-0.05, 0) is 20.8 Å². The van der Waals surface area contributed by atoms with Crippen molar-refractivity contribution in [3.63, 3.8) is 0 Å². The summed E-state index contributed by atoms with van der Waals surface area (Å²) in [6, 6.07) is -1.06. The van der Waals surface area contributed by atoms with Gasteiger partial charge in [-0.2, -0.15) is 0 Å². The van der Waals surface area contributed by atoms with Crippen molar-refractivity contribution >= 4 is 17.9 Å². The molecule has 10 nitrogen and oxygen atoms in total. The quantitative estimate of drug-likeness (QED) is 0.547. The molecule has 1 spiro atoms. The molecule has 0 saturated carbocycles. The Kier molecular flexibility index (Phi) is 6.27. The number of nitrogens with zero attached hydrogens (tertiary/aromatic N) is 3. The van der Waals surface area contributed by atoms with Gasteiger partial charge in [-0.15, -0.1) is 0 Å². The van der Waals surface area contributed by atoms with Gasteiger partial charge in [0, 0.05) is 25.6 Å². The van der Waals surface area contributed by atoms with E-state index in [9.17, 15) is 24.6 Å².